The third kappa shape index (κ3) is 5.15. The van der Waals surface area contributed by atoms with Crippen molar-refractivity contribution in [3.63, 3.8) is 0 Å². The lowest BCUT2D eigenvalue weighted by atomic mass is 9.97. The maximum atomic E-state index is 12.6. The van der Waals surface area contributed by atoms with Gasteiger partial charge in [0.2, 0.25) is 5.91 Å². The first-order valence-electron chi connectivity index (χ1n) is 7.02. The van der Waals surface area contributed by atoms with Crippen molar-refractivity contribution in [3.05, 3.63) is 35.9 Å². The monoisotopic (exact) mass is 333 g/mol. The summed E-state index contributed by atoms with van der Waals surface area (Å²) in [5.41, 5.74) is 6.83. The standard InChI is InChI=1S/C15H23N3O.2ClH/c1-2-17-8-10-18(11-9-17)15(19)14(12-16)13-6-4-3-5-7-13;;/h3-7,14H,2,8-12,16H2,1H3;2*1H. The lowest BCUT2D eigenvalue weighted by Crippen LogP contribution is -2.50. The molecule has 1 aromatic carbocycles. The highest BCUT2D eigenvalue weighted by Crippen LogP contribution is 2.18. The lowest BCUT2D eigenvalue weighted by Gasteiger charge is -2.35. The van der Waals surface area contributed by atoms with E-state index in [9.17, 15) is 4.79 Å². The second-order valence-corrected chi connectivity index (χ2v) is 4.96. The molecule has 0 radical (unpaired) electrons. The Morgan fingerprint density at radius 3 is 2.19 bits per heavy atom. The van der Waals surface area contributed by atoms with E-state index in [-0.39, 0.29) is 36.6 Å². The van der Waals surface area contributed by atoms with E-state index in [1.54, 1.807) is 0 Å². The minimum atomic E-state index is -0.200. The van der Waals surface area contributed by atoms with Gasteiger partial charge in [0.15, 0.2) is 0 Å². The molecule has 2 rings (SSSR count). The van der Waals surface area contributed by atoms with Crippen LogP contribution in [0.4, 0.5) is 0 Å². The summed E-state index contributed by atoms with van der Waals surface area (Å²) in [4.78, 5) is 16.9. The van der Waals surface area contributed by atoms with Crippen LogP contribution in [0.2, 0.25) is 0 Å². The van der Waals surface area contributed by atoms with Gasteiger partial charge in [0.25, 0.3) is 0 Å². The number of nitrogens with zero attached hydrogens (tertiary/aromatic N) is 2. The SMILES string of the molecule is CCN1CCN(C(=O)C(CN)c2ccccc2)CC1.Cl.Cl. The van der Waals surface area contributed by atoms with Crippen molar-refractivity contribution in [1.82, 2.24) is 9.80 Å². The van der Waals surface area contributed by atoms with Gasteiger partial charge in [-0.05, 0) is 12.1 Å². The van der Waals surface area contributed by atoms with Crippen LogP contribution >= 0.6 is 24.8 Å². The van der Waals surface area contributed by atoms with E-state index in [0.717, 1.165) is 38.3 Å². The molecule has 6 heteroatoms. The normalized spacial score (nSPS) is 16.6. The van der Waals surface area contributed by atoms with Crippen molar-refractivity contribution >= 4 is 30.7 Å². The number of likely N-dealkylation sites (N-methyl/N-ethyl adjacent to an activating group) is 1. The Bertz CT molecular complexity index is 409. The van der Waals surface area contributed by atoms with E-state index in [0.29, 0.717) is 6.54 Å². The zero-order chi connectivity index (χ0) is 13.7. The number of amides is 1. The summed E-state index contributed by atoms with van der Waals surface area (Å²) in [5.74, 6) is -0.0289. The highest BCUT2D eigenvalue weighted by molar-refractivity contribution is 5.85. The van der Waals surface area contributed by atoms with Crippen LogP contribution in [0.25, 0.3) is 0 Å². The van der Waals surface area contributed by atoms with Crippen molar-refractivity contribution in [2.24, 2.45) is 5.73 Å². The van der Waals surface area contributed by atoms with Gasteiger partial charge in [-0.15, -0.1) is 24.8 Å². The highest BCUT2D eigenvalue weighted by Gasteiger charge is 2.27. The molecular weight excluding hydrogens is 309 g/mol. The van der Waals surface area contributed by atoms with Gasteiger partial charge in [0.05, 0.1) is 5.92 Å². The highest BCUT2D eigenvalue weighted by atomic mass is 35.5. The molecule has 1 heterocycles. The van der Waals surface area contributed by atoms with E-state index in [4.69, 9.17) is 5.73 Å². The first-order chi connectivity index (χ1) is 9.26. The number of halogens is 2. The summed E-state index contributed by atoms with van der Waals surface area (Å²) in [6, 6.07) is 9.84. The number of carbonyl (C=O) groups excluding carboxylic acids is 1. The Morgan fingerprint density at radius 2 is 1.71 bits per heavy atom. The van der Waals surface area contributed by atoms with Gasteiger partial charge in [0, 0.05) is 32.7 Å². The number of hydrogen-bond donors (Lipinski definition) is 1. The van der Waals surface area contributed by atoms with Crippen molar-refractivity contribution in [1.29, 1.82) is 0 Å². The number of piperazine rings is 1. The molecule has 1 aliphatic rings. The summed E-state index contributed by atoms with van der Waals surface area (Å²) in [6.45, 7) is 7.15. The smallest absolute Gasteiger partial charge is 0.231 e. The van der Waals surface area contributed by atoms with Gasteiger partial charge in [0.1, 0.15) is 0 Å². The molecule has 21 heavy (non-hydrogen) atoms. The third-order valence-electron chi connectivity index (χ3n) is 3.87. The maximum absolute atomic E-state index is 12.6. The van der Waals surface area contributed by atoms with Crippen LogP contribution in [0.15, 0.2) is 30.3 Å². The summed E-state index contributed by atoms with van der Waals surface area (Å²) in [6.07, 6.45) is 0. The predicted molar refractivity (Wildman–Crippen MR) is 91.4 cm³/mol. The molecule has 1 aromatic rings. The van der Waals surface area contributed by atoms with Gasteiger partial charge in [-0.1, -0.05) is 37.3 Å². The van der Waals surface area contributed by atoms with Gasteiger partial charge < -0.3 is 15.5 Å². The van der Waals surface area contributed by atoms with Crippen molar-refractivity contribution < 1.29 is 4.79 Å². The van der Waals surface area contributed by atoms with Crippen LogP contribution in [-0.4, -0.2) is 55.0 Å². The van der Waals surface area contributed by atoms with E-state index in [1.165, 1.54) is 0 Å². The molecule has 1 atom stereocenters. The molecule has 2 N–H and O–H groups in total. The fraction of sp³-hybridized carbons (Fsp3) is 0.533. The molecule has 1 fully saturated rings. The van der Waals surface area contributed by atoms with Crippen LogP contribution in [-0.2, 0) is 4.79 Å². The molecule has 0 aliphatic carbocycles. The van der Waals surface area contributed by atoms with Crippen LogP contribution < -0.4 is 5.73 Å². The Labute approximate surface area is 139 Å². The largest absolute Gasteiger partial charge is 0.340 e. The average Bonchev–Trinajstić information content (AvgIpc) is 2.49. The molecule has 1 saturated heterocycles. The molecule has 0 bridgehead atoms. The minimum absolute atomic E-state index is 0. The van der Waals surface area contributed by atoms with Gasteiger partial charge in [-0.3, -0.25) is 4.79 Å². The average molecular weight is 334 g/mol. The molecule has 1 amide bonds. The van der Waals surface area contributed by atoms with Crippen molar-refractivity contribution in [2.75, 3.05) is 39.3 Å². The Kier molecular flexibility index (Phi) is 9.62. The maximum Gasteiger partial charge on any atom is 0.231 e. The molecule has 0 saturated carbocycles. The van der Waals surface area contributed by atoms with Gasteiger partial charge in [-0.2, -0.15) is 0 Å². The summed E-state index contributed by atoms with van der Waals surface area (Å²) >= 11 is 0. The zero-order valence-corrected chi connectivity index (χ0v) is 14.0. The quantitative estimate of drug-likeness (QED) is 0.912. The van der Waals surface area contributed by atoms with E-state index < -0.39 is 0 Å². The molecular formula is C15H25Cl2N3O. The Balaban J connectivity index is 0.00000200. The fourth-order valence-corrected chi connectivity index (χ4v) is 2.57. The van der Waals surface area contributed by atoms with Crippen LogP contribution in [0.5, 0.6) is 0 Å². The zero-order valence-electron chi connectivity index (χ0n) is 12.4. The Morgan fingerprint density at radius 1 is 1.14 bits per heavy atom. The summed E-state index contributed by atoms with van der Waals surface area (Å²) in [5, 5.41) is 0. The molecule has 1 unspecified atom stereocenters. The second kappa shape index (κ2) is 10.0. The van der Waals surface area contributed by atoms with Gasteiger partial charge in [-0.25, -0.2) is 0 Å². The third-order valence-corrected chi connectivity index (χ3v) is 3.87. The number of hydrogen-bond acceptors (Lipinski definition) is 3. The van der Waals surface area contributed by atoms with E-state index in [1.807, 2.05) is 35.2 Å². The fourth-order valence-electron chi connectivity index (χ4n) is 2.57. The molecule has 4 nitrogen and oxygen atoms in total. The Hall–Kier alpha value is -0.810. The second-order valence-electron chi connectivity index (χ2n) is 4.96. The number of carbonyl (C=O) groups is 1. The van der Waals surface area contributed by atoms with E-state index >= 15 is 0 Å². The van der Waals surface area contributed by atoms with Crippen LogP contribution in [0.1, 0.15) is 18.4 Å². The van der Waals surface area contributed by atoms with E-state index in [2.05, 4.69) is 11.8 Å². The number of nitrogens with two attached hydrogens (primary N) is 1. The number of benzene rings is 1. The minimum Gasteiger partial charge on any atom is -0.340 e. The first-order valence-corrected chi connectivity index (χ1v) is 7.02. The van der Waals surface area contributed by atoms with Gasteiger partial charge >= 0.3 is 0 Å². The number of rotatable bonds is 4. The summed E-state index contributed by atoms with van der Waals surface area (Å²) < 4.78 is 0. The molecule has 0 spiro atoms. The first kappa shape index (κ1) is 20.2. The topological polar surface area (TPSA) is 49.6 Å². The van der Waals surface area contributed by atoms with Crippen molar-refractivity contribution in [2.45, 2.75) is 12.8 Å². The summed E-state index contributed by atoms with van der Waals surface area (Å²) in [7, 11) is 0. The molecule has 1 aliphatic heterocycles. The molecule has 0 aromatic heterocycles. The van der Waals surface area contributed by atoms with Crippen molar-refractivity contribution in [3.8, 4) is 0 Å². The van der Waals surface area contributed by atoms with Crippen LogP contribution in [0.3, 0.4) is 0 Å². The predicted octanol–water partition coefficient (Wildman–Crippen LogP) is 1.74. The lowest BCUT2D eigenvalue weighted by molar-refractivity contribution is -0.134. The van der Waals surface area contributed by atoms with Crippen LogP contribution in [0, 0.1) is 0 Å². The molecule has 120 valence electrons.